The zero-order valence-electron chi connectivity index (χ0n) is 22.5. The molecule has 8 atom stereocenters. The third kappa shape index (κ3) is 3.95. The molecule has 2 heterocycles. The van der Waals surface area contributed by atoms with E-state index >= 15 is 0 Å². The SMILES string of the molecule is CC1(C)O[C@]23CCC4[C@@H](CCC5C[C@@H](OC(=O)CCC(=O)ON6C(=O)CCC6=O)CC[C@@]54C)C2CCC13. The van der Waals surface area contributed by atoms with Gasteiger partial charge in [0.25, 0.3) is 11.8 Å². The molecule has 6 rings (SSSR count). The molecular weight excluding hydrogens is 474 g/mol. The molecule has 0 bridgehead atoms. The van der Waals surface area contributed by atoms with Crippen LogP contribution in [-0.2, 0) is 33.5 Å². The largest absolute Gasteiger partial charge is 0.462 e. The quantitative estimate of drug-likeness (QED) is 0.393. The van der Waals surface area contributed by atoms with E-state index in [1.165, 1.54) is 38.5 Å². The number of carbonyl (C=O) groups excluding carboxylic acids is 4. The lowest BCUT2D eigenvalue weighted by Crippen LogP contribution is -2.69. The van der Waals surface area contributed by atoms with Gasteiger partial charge in [-0.25, -0.2) is 4.79 Å². The predicted octanol–water partition coefficient (Wildman–Crippen LogP) is 4.49. The zero-order chi connectivity index (χ0) is 26.2. The maximum absolute atomic E-state index is 12.5. The summed E-state index contributed by atoms with van der Waals surface area (Å²) in [5, 5.41) is 0.517. The number of nitrogens with zero attached hydrogens (tertiary/aromatic N) is 1. The molecule has 0 radical (unpaired) electrons. The van der Waals surface area contributed by atoms with Crippen LogP contribution in [0.15, 0.2) is 0 Å². The number of hydroxylamine groups is 2. The Bertz CT molecular complexity index is 992. The van der Waals surface area contributed by atoms with Crippen LogP contribution in [0.25, 0.3) is 0 Å². The average Bonchev–Trinajstić information content (AvgIpc) is 3.35. The fourth-order valence-corrected chi connectivity index (χ4v) is 9.83. The van der Waals surface area contributed by atoms with E-state index in [4.69, 9.17) is 14.3 Å². The van der Waals surface area contributed by atoms with Crippen molar-refractivity contribution < 1.29 is 33.5 Å². The van der Waals surface area contributed by atoms with Crippen molar-refractivity contribution in [3.63, 3.8) is 0 Å². The van der Waals surface area contributed by atoms with Crippen LogP contribution >= 0.6 is 0 Å². The van der Waals surface area contributed by atoms with Gasteiger partial charge in [0, 0.05) is 18.8 Å². The summed E-state index contributed by atoms with van der Waals surface area (Å²) in [6.45, 7) is 7.05. The molecule has 4 unspecified atom stereocenters. The number of imide groups is 1. The van der Waals surface area contributed by atoms with Gasteiger partial charge in [-0.1, -0.05) is 6.92 Å². The van der Waals surface area contributed by atoms with Crippen LogP contribution in [0, 0.1) is 35.0 Å². The molecule has 8 nitrogen and oxygen atoms in total. The van der Waals surface area contributed by atoms with Crippen molar-refractivity contribution in [3.8, 4) is 0 Å². The lowest BCUT2D eigenvalue weighted by atomic mass is 9.45. The minimum absolute atomic E-state index is 0.0460. The van der Waals surface area contributed by atoms with Gasteiger partial charge in [-0.15, -0.1) is 5.06 Å². The van der Waals surface area contributed by atoms with Crippen molar-refractivity contribution >= 4 is 23.8 Å². The molecule has 1 spiro atoms. The van der Waals surface area contributed by atoms with Crippen LogP contribution in [0.3, 0.4) is 0 Å². The van der Waals surface area contributed by atoms with Crippen LogP contribution in [0.5, 0.6) is 0 Å². The molecule has 8 heteroatoms. The van der Waals surface area contributed by atoms with Gasteiger partial charge >= 0.3 is 11.9 Å². The Morgan fingerprint density at radius 2 is 1.62 bits per heavy atom. The third-order valence-electron chi connectivity index (χ3n) is 11.4. The maximum Gasteiger partial charge on any atom is 0.333 e. The summed E-state index contributed by atoms with van der Waals surface area (Å²) in [6.07, 6.45) is 10.1. The highest BCUT2D eigenvalue weighted by Crippen LogP contribution is 2.70. The molecule has 4 aliphatic carbocycles. The molecular formula is C29H41NO7. The Morgan fingerprint density at radius 1 is 0.892 bits per heavy atom. The molecule has 0 aromatic rings. The predicted molar refractivity (Wildman–Crippen MR) is 131 cm³/mol. The molecule has 0 N–H and O–H groups in total. The summed E-state index contributed by atoms with van der Waals surface area (Å²) < 4.78 is 12.5. The fraction of sp³-hybridized carbons (Fsp3) is 0.862. The Kier molecular flexibility index (Phi) is 6.01. The Morgan fingerprint density at radius 3 is 2.35 bits per heavy atom. The van der Waals surface area contributed by atoms with Crippen molar-refractivity contribution in [1.29, 1.82) is 0 Å². The van der Waals surface area contributed by atoms with E-state index < -0.39 is 23.8 Å². The van der Waals surface area contributed by atoms with Crippen LogP contribution in [0.1, 0.15) is 104 Å². The number of hydrogen-bond donors (Lipinski definition) is 0. The van der Waals surface area contributed by atoms with Crippen LogP contribution < -0.4 is 0 Å². The second-order valence-corrected chi connectivity index (χ2v) is 13.4. The summed E-state index contributed by atoms with van der Waals surface area (Å²) in [5.41, 5.74) is 0.491. The van der Waals surface area contributed by atoms with Gasteiger partial charge < -0.3 is 14.3 Å². The van der Waals surface area contributed by atoms with E-state index in [2.05, 4.69) is 20.8 Å². The number of rotatable bonds is 5. The van der Waals surface area contributed by atoms with Crippen molar-refractivity contribution in [1.82, 2.24) is 5.06 Å². The first-order valence-electron chi connectivity index (χ1n) is 14.5. The maximum atomic E-state index is 12.5. The monoisotopic (exact) mass is 515 g/mol. The number of fused-ring (bicyclic) bond motifs is 4. The minimum Gasteiger partial charge on any atom is -0.462 e. The van der Waals surface area contributed by atoms with E-state index in [1.54, 1.807) is 0 Å². The van der Waals surface area contributed by atoms with Gasteiger partial charge in [-0.3, -0.25) is 14.4 Å². The normalized spacial score (nSPS) is 43.7. The highest BCUT2D eigenvalue weighted by atomic mass is 16.7. The molecule has 2 amide bonds. The minimum atomic E-state index is -0.766. The van der Waals surface area contributed by atoms with Crippen LogP contribution in [-0.4, -0.2) is 46.1 Å². The number of amides is 2. The molecule has 37 heavy (non-hydrogen) atoms. The summed E-state index contributed by atoms with van der Waals surface area (Å²) in [5.74, 6) is 1.26. The molecule has 204 valence electrons. The molecule has 0 aromatic carbocycles. The summed E-state index contributed by atoms with van der Waals surface area (Å²) in [6, 6.07) is 0. The van der Waals surface area contributed by atoms with E-state index in [1.807, 2.05) is 0 Å². The van der Waals surface area contributed by atoms with Crippen molar-refractivity contribution in [2.45, 2.75) is 122 Å². The highest BCUT2D eigenvalue weighted by molar-refractivity contribution is 6.01. The topological polar surface area (TPSA) is 99.2 Å². The second-order valence-electron chi connectivity index (χ2n) is 13.4. The van der Waals surface area contributed by atoms with Gasteiger partial charge in [0.2, 0.25) is 0 Å². The van der Waals surface area contributed by atoms with E-state index in [-0.39, 0.29) is 43.0 Å². The lowest BCUT2D eigenvalue weighted by Gasteiger charge is -2.67. The van der Waals surface area contributed by atoms with Crippen molar-refractivity contribution in [3.05, 3.63) is 0 Å². The average molecular weight is 516 g/mol. The van der Waals surface area contributed by atoms with Crippen LogP contribution in [0.2, 0.25) is 0 Å². The first-order valence-corrected chi connectivity index (χ1v) is 14.5. The van der Waals surface area contributed by atoms with E-state index in [9.17, 15) is 19.2 Å². The summed E-state index contributed by atoms with van der Waals surface area (Å²) in [7, 11) is 0. The molecule has 4 saturated carbocycles. The van der Waals surface area contributed by atoms with Crippen LogP contribution in [0.4, 0.5) is 0 Å². The standard InChI is InChI=1S/C29H41NO7/c1-27(2)22-7-6-21-19-5-4-17-16-18(12-14-28(17,3)20(19)13-15-29(21,22)37-27)35-25(33)10-11-26(34)36-30-23(31)8-9-24(30)32/h17-22H,4-16H2,1-3H3/t17?,18-,19+,20?,21?,22?,28-,29+/m0/s1. The summed E-state index contributed by atoms with van der Waals surface area (Å²) in [4.78, 5) is 52.6. The lowest BCUT2D eigenvalue weighted by molar-refractivity contribution is -0.335. The van der Waals surface area contributed by atoms with E-state index in [0.717, 1.165) is 37.0 Å². The molecule has 6 fully saturated rings. The number of hydrogen-bond acceptors (Lipinski definition) is 7. The van der Waals surface area contributed by atoms with E-state index in [0.29, 0.717) is 22.3 Å². The van der Waals surface area contributed by atoms with Gasteiger partial charge in [0.15, 0.2) is 0 Å². The number of carbonyl (C=O) groups is 4. The number of ether oxygens (including phenoxy) is 2. The Balaban J connectivity index is 1.01. The molecule has 2 saturated heterocycles. The third-order valence-corrected chi connectivity index (χ3v) is 11.4. The first-order chi connectivity index (χ1) is 17.5. The van der Waals surface area contributed by atoms with Gasteiger partial charge in [-0.05, 0) is 101 Å². The summed E-state index contributed by atoms with van der Waals surface area (Å²) >= 11 is 0. The van der Waals surface area contributed by atoms with Crippen molar-refractivity contribution in [2.75, 3.05) is 0 Å². The zero-order valence-corrected chi connectivity index (χ0v) is 22.5. The molecule has 6 aliphatic rings. The smallest absolute Gasteiger partial charge is 0.333 e. The van der Waals surface area contributed by atoms with Gasteiger partial charge in [0.1, 0.15) is 6.10 Å². The first kappa shape index (κ1) is 25.3. The molecule has 0 aromatic heterocycles. The highest BCUT2D eigenvalue weighted by Gasteiger charge is 2.71. The Labute approximate surface area is 219 Å². The second kappa shape index (κ2) is 8.78. The Hall–Kier alpha value is -1.96. The van der Waals surface area contributed by atoms with Gasteiger partial charge in [-0.2, -0.15) is 0 Å². The fourth-order valence-electron chi connectivity index (χ4n) is 9.83. The molecule has 2 aliphatic heterocycles. The van der Waals surface area contributed by atoms with Gasteiger partial charge in [0.05, 0.1) is 24.0 Å². The number of esters is 1. The van der Waals surface area contributed by atoms with Crippen molar-refractivity contribution in [2.24, 2.45) is 35.0 Å².